The molecule has 1 saturated heterocycles. The van der Waals surface area contributed by atoms with Crippen molar-refractivity contribution in [1.29, 1.82) is 5.26 Å². The standard InChI is InChI=1S/C15H21N5O2/c1-11-10-19(13-9-17-12(7-16)8-18-13)5-6-20(11)14(21)22-15(2,3)4/h8-9,11H,5-6,10H2,1-4H3/t11-/m1/s1. The summed E-state index contributed by atoms with van der Waals surface area (Å²) in [6.07, 6.45) is 2.76. The summed E-state index contributed by atoms with van der Waals surface area (Å²) in [7, 11) is 0. The Morgan fingerprint density at radius 1 is 1.36 bits per heavy atom. The van der Waals surface area contributed by atoms with Gasteiger partial charge in [0.2, 0.25) is 0 Å². The summed E-state index contributed by atoms with van der Waals surface area (Å²) in [5, 5.41) is 8.75. The van der Waals surface area contributed by atoms with Gasteiger partial charge in [-0.15, -0.1) is 0 Å². The largest absolute Gasteiger partial charge is 0.444 e. The lowest BCUT2D eigenvalue weighted by Gasteiger charge is -2.40. The van der Waals surface area contributed by atoms with Gasteiger partial charge in [0, 0.05) is 25.7 Å². The zero-order valence-electron chi connectivity index (χ0n) is 13.4. The molecular weight excluding hydrogens is 282 g/mol. The van der Waals surface area contributed by atoms with E-state index in [1.165, 1.54) is 6.20 Å². The third-order valence-corrected chi connectivity index (χ3v) is 3.33. The van der Waals surface area contributed by atoms with E-state index < -0.39 is 5.60 Å². The highest BCUT2D eigenvalue weighted by molar-refractivity contribution is 5.69. The third-order valence-electron chi connectivity index (χ3n) is 3.33. The second kappa shape index (κ2) is 6.18. The number of piperazine rings is 1. The molecule has 0 bridgehead atoms. The first-order valence-electron chi connectivity index (χ1n) is 7.27. The van der Waals surface area contributed by atoms with Crippen LogP contribution in [-0.2, 0) is 4.74 Å². The van der Waals surface area contributed by atoms with Crippen LogP contribution in [0.1, 0.15) is 33.4 Å². The first-order valence-corrected chi connectivity index (χ1v) is 7.27. The Labute approximate surface area is 130 Å². The maximum atomic E-state index is 12.2. The van der Waals surface area contributed by atoms with Crippen LogP contribution in [0, 0.1) is 11.3 Å². The molecule has 7 nitrogen and oxygen atoms in total. The summed E-state index contributed by atoms with van der Waals surface area (Å²) in [6, 6.07) is 1.96. The molecule has 0 aliphatic carbocycles. The first kappa shape index (κ1) is 16.0. The van der Waals surface area contributed by atoms with Gasteiger partial charge in [0.05, 0.1) is 12.4 Å². The van der Waals surface area contributed by atoms with Crippen LogP contribution in [0.15, 0.2) is 12.4 Å². The molecule has 1 fully saturated rings. The molecule has 2 rings (SSSR count). The van der Waals surface area contributed by atoms with Crippen molar-refractivity contribution < 1.29 is 9.53 Å². The van der Waals surface area contributed by atoms with Crippen molar-refractivity contribution >= 4 is 11.9 Å². The fourth-order valence-corrected chi connectivity index (χ4v) is 2.30. The molecule has 0 aromatic carbocycles. The minimum Gasteiger partial charge on any atom is -0.444 e. The summed E-state index contributed by atoms with van der Waals surface area (Å²) in [6.45, 7) is 9.43. The van der Waals surface area contributed by atoms with Crippen LogP contribution in [0.25, 0.3) is 0 Å². The van der Waals surface area contributed by atoms with E-state index in [2.05, 4.69) is 14.9 Å². The van der Waals surface area contributed by atoms with Gasteiger partial charge in [0.25, 0.3) is 0 Å². The third kappa shape index (κ3) is 3.85. The van der Waals surface area contributed by atoms with E-state index >= 15 is 0 Å². The lowest BCUT2D eigenvalue weighted by atomic mass is 10.2. The first-order chi connectivity index (χ1) is 10.3. The molecule has 118 valence electrons. The molecule has 22 heavy (non-hydrogen) atoms. The molecule has 1 aliphatic rings. The van der Waals surface area contributed by atoms with E-state index in [9.17, 15) is 4.79 Å². The highest BCUT2D eigenvalue weighted by atomic mass is 16.6. The summed E-state index contributed by atoms with van der Waals surface area (Å²) in [4.78, 5) is 24.2. The fraction of sp³-hybridized carbons (Fsp3) is 0.600. The van der Waals surface area contributed by atoms with Crippen LogP contribution in [-0.4, -0.2) is 52.2 Å². The van der Waals surface area contributed by atoms with Crippen LogP contribution in [0.2, 0.25) is 0 Å². The summed E-state index contributed by atoms with van der Waals surface area (Å²) in [5.41, 5.74) is -0.198. The van der Waals surface area contributed by atoms with Gasteiger partial charge in [-0.2, -0.15) is 5.26 Å². The number of carbonyl (C=O) groups excluding carboxylic acids is 1. The van der Waals surface area contributed by atoms with Crippen LogP contribution < -0.4 is 4.90 Å². The minimum atomic E-state index is -0.494. The average molecular weight is 303 g/mol. The molecule has 0 saturated carbocycles. The number of amides is 1. The van der Waals surface area contributed by atoms with Gasteiger partial charge in [-0.25, -0.2) is 14.8 Å². The number of nitrogens with zero attached hydrogens (tertiary/aromatic N) is 5. The van der Waals surface area contributed by atoms with Crippen LogP contribution in [0.3, 0.4) is 0 Å². The maximum absolute atomic E-state index is 12.2. The number of hydrogen-bond acceptors (Lipinski definition) is 6. The number of aromatic nitrogens is 2. The molecule has 1 amide bonds. The Kier molecular flexibility index (Phi) is 4.50. The minimum absolute atomic E-state index is 0.0149. The predicted octanol–water partition coefficient (Wildman–Crippen LogP) is 1.79. The van der Waals surface area contributed by atoms with Crippen molar-refractivity contribution in [3.05, 3.63) is 18.1 Å². The number of rotatable bonds is 1. The summed E-state index contributed by atoms with van der Waals surface area (Å²) < 4.78 is 5.42. The molecule has 1 aromatic rings. The molecule has 0 unspecified atom stereocenters. The van der Waals surface area contributed by atoms with E-state index in [-0.39, 0.29) is 12.1 Å². The Morgan fingerprint density at radius 2 is 2.09 bits per heavy atom. The molecule has 0 N–H and O–H groups in total. The zero-order valence-corrected chi connectivity index (χ0v) is 13.4. The van der Waals surface area contributed by atoms with Crippen molar-refractivity contribution in [2.24, 2.45) is 0 Å². The van der Waals surface area contributed by atoms with Gasteiger partial charge in [0.15, 0.2) is 5.69 Å². The smallest absolute Gasteiger partial charge is 0.410 e. The van der Waals surface area contributed by atoms with Crippen molar-refractivity contribution in [1.82, 2.24) is 14.9 Å². The molecule has 7 heteroatoms. The van der Waals surface area contributed by atoms with Crippen molar-refractivity contribution in [2.75, 3.05) is 24.5 Å². The zero-order chi connectivity index (χ0) is 16.3. The van der Waals surface area contributed by atoms with E-state index in [1.807, 2.05) is 33.8 Å². The SMILES string of the molecule is C[C@@H]1CN(c2cnc(C#N)cn2)CCN1C(=O)OC(C)(C)C. The van der Waals surface area contributed by atoms with Gasteiger partial charge in [-0.3, -0.25) is 0 Å². The summed E-state index contributed by atoms with van der Waals surface area (Å²) >= 11 is 0. The lowest BCUT2D eigenvalue weighted by molar-refractivity contribution is 0.0158. The second-order valence-electron chi connectivity index (χ2n) is 6.34. The summed E-state index contributed by atoms with van der Waals surface area (Å²) in [5.74, 6) is 0.717. The molecule has 1 atom stereocenters. The van der Waals surface area contributed by atoms with Crippen LogP contribution >= 0.6 is 0 Å². The number of nitriles is 1. The maximum Gasteiger partial charge on any atom is 0.410 e. The molecular formula is C15H21N5O2. The van der Waals surface area contributed by atoms with E-state index in [1.54, 1.807) is 11.1 Å². The Bertz CT molecular complexity index is 573. The molecule has 1 aromatic heterocycles. The molecule has 1 aliphatic heterocycles. The monoisotopic (exact) mass is 303 g/mol. The highest BCUT2D eigenvalue weighted by Gasteiger charge is 2.31. The topological polar surface area (TPSA) is 82.4 Å². The van der Waals surface area contributed by atoms with E-state index in [4.69, 9.17) is 10.00 Å². The predicted molar refractivity (Wildman–Crippen MR) is 81.4 cm³/mol. The van der Waals surface area contributed by atoms with Gasteiger partial charge < -0.3 is 14.5 Å². The van der Waals surface area contributed by atoms with Gasteiger partial charge in [-0.1, -0.05) is 0 Å². The second-order valence-corrected chi connectivity index (χ2v) is 6.34. The van der Waals surface area contributed by atoms with Gasteiger partial charge in [-0.05, 0) is 27.7 Å². The van der Waals surface area contributed by atoms with Gasteiger partial charge >= 0.3 is 6.09 Å². The van der Waals surface area contributed by atoms with Crippen LogP contribution in [0.5, 0.6) is 0 Å². The van der Waals surface area contributed by atoms with E-state index in [0.717, 1.165) is 5.82 Å². The molecule has 2 heterocycles. The fourth-order valence-electron chi connectivity index (χ4n) is 2.30. The Hall–Kier alpha value is -2.36. The van der Waals surface area contributed by atoms with E-state index in [0.29, 0.717) is 25.3 Å². The lowest BCUT2D eigenvalue weighted by Crippen LogP contribution is -2.55. The number of hydrogen-bond donors (Lipinski definition) is 0. The van der Waals surface area contributed by atoms with Gasteiger partial charge in [0.1, 0.15) is 17.5 Å². The average Bonchev–Trinajstić information content (AvgIpc) is 2.45. The molecule has 0 spiro atoms. The highest BCUT2D eigenvalue weighted by Crippen LogP contribution is 2.19. The quantitative estimate of drug-likeness (QED) is 0.786. The Morgan fingerprint density at radius 3 is 2.59 bits per heavy atom. The Balaban J connectivity index is 2.00. The molecule has 0 radical (unpaired) electrons. The van der Waals surface area contributed by atoms with Crippen molar-refractivity contribution in [3.8, 4) is 6.07 Å². The number of anilines is 1. The number of ether oxygens (including phenoxy) is 1. The van der Waals surface area contributed by atoms with Crippen molar-refractivity contribution in [3.63, 3.8) is 0 Å². The normalized spacial score (nSPS) is 18.8. The van der Waals surface area contributed by atoms with Crippen molar-refractivity contribution in [2.45, 2.75) is 39.3 Å². The number of carbonyl (C=O) groups is 1. The van der Waals surface area contributed by atoms with Crippen LogP contribution in [0.4, 0.5) is 10.6 Å².